The van der Waals surface area contributed by atoms with Crippen LogP contribution in [0.4, 0.5) is 13.6 Å². The predicted octanol–water partition coefficient (Wildman–Crippen LogP) is 6.62. The van der Waals surface area contributed by atoms with Gasteiger partial charge in [0, 0.05) is 11.8 Å². The molecule has 0 heterocycles. The molecule has 0 N–H and O–H groups in total. The van der Waals surface area contributed by atoms with Crippen molar-refractivity contribution in [1.29, 1.82) is 0 Å². The molecule has 0 aromatic heterocycles. The maximum Gasteiger partial charge on any atom is 0.524 e. The molecular formula is C30H29F2O6S2+. The van der Waals surface area contributed by atoms with Crippen molar-refractivity contribution in [3.05, 3.63) is 91.0 Å². The van der Waals surface area contributed by atoms with E-state index in [0.29, 0.717) is 19.3 Å². The van der Waals surface area contributed by atoms with E-state index in [1.165, 1.54) is 14.7 Å². The lowest BCUT2D eigenvalue weighted by molar-refractivity contribution is -0.164. The van der Waals surface area contributed by atoms with E-state index in [1.54, 1.807) is 0 Å². The molecule has 0 saturated heterocycles. The highest BCUT2D eigenvalue weighted by Gasteiger charge is 2.57. The molecule has 4 fully saturated rings. The summed E-state index contributed by atoms with van der Waals surface area (Å²) < 4.78 is 54.8. The largest absolute Gasteiger partial charge is 0.524 e. The molecule has 0 radical (unpaired) electrons. The molecular weight excluding hydrogens is 558 g/mol. The number of alkyl halides is 2. The van der Waals surface area contributed by atoms with E-state index < -0.39 is 27.6 Å². The zero-order chi connectivity index (χ0) is 28.3. The van der Waals surface area contributed by atoms with Crippen LogP contribution in [0.5, 0.6) is 0 Å². The quantitative estimate of drug-likeness (QED) is 0.183. The van der Waals surface area contributed by atoms with Crippen LogP contribution in [0.3, 0.4) is 0 Å². The van der Waals surface area contributed by atoms with Crippen molar-refractivity contribution in [1.82, 2.24) is 0 Å². The predicted molar refractivity (Wildman–Crippen MR) is 145 cm³/mol. The Morgan fingerprint density at radius 2 is 1.20 bits per heavy atom. The Kier molecular flexibility index (Phi) is 8.28. The normalized spacial score (nSPS) is 24.9. The Bertz CT molecular complexity index is 1320. The van der Waals surface area contributed by atoms with Crippen molar-refractivity contribution in [2.45, 2.75) is 58.1 Å². The first-order chi connectivity index (χ1) is 19.2. The third kappa shape index (κ3) is 6.23. The molecule has 4 saturated carbocycles. The fourth-order valence-electron chi connectivity index (χ4n) is 6.20. The zero-order valence-corrected chi connectivity index (χ0v) is 23.2. The number of carbonyl (C=O) groups is 2. The number of halogens is 2. The highest BCUT2D eigenvalue weighted by molar-refractivity contribution is 7.97. The summed E-state index contributed by atoms with van der Waals surface area (Å²) in [5.74, 6) is -3.76. The van der Waals surface area contributed by atoms with Crippen LogP contribution in [0.15, 0.2) is 106 Å². The maximum atomic E-state index is 12.2. The second-order valence-corrected chi connectivity index (χ2v) is 13.9. The van der Waals surface area contributed by atoms with Crippen molar-refractivity contribution in [3.63, 3.8) is 0 Å². The van der Waals surface area contributed by atoms with E-state index >= 15 is 0 Å². The van der Waals surface area contributed by atoms with Gasteiger partial charge in [0.1, 0.15) is 11.4 Å². The molecule has 4 aliphatic rings. The molecule has 0 spiro atoms. The molecule has 4 aliphatic carbocycles. The van der Waals surface area contributed by atoms with Crippen LogP contribution in [0.2, 0.25) is 0 Å². The minimum absolute atomic E-state index is 0.0146. The van der Waals surface area contributed by atoms with Crippen LogP contribution in [0, 0.1) is 17.8 Å². The van der Waals surface area contributed by atoms with Gasteiger partial charge in [0.05, 0.1) is 10.9 Å². The third-order valence-electron chi connectivity index (χ3n) is 7.58. The van der Waals surface area contributed by atoms with Gasteiger partial charge in [0.25, 0.3) is 0 Å². The van der Waals surface area contributed by atoms with E-state index in [4.69, 9.17) is 4.74 Å². The summed E-state index contributed by atoms with van der Waals surface area (Å²) in [7, 11) is -5.28. The van der Waals surface area contributed by atoms with E-state index in [-0.39, 0.29) is 34.4 Å². The Labute approximate surface area is 235 Å². The van der Waals surface area contributed by atoms with Crippen molar-refractivity contribution in [2.24, 2.45) is 17.8 Å². The topological polar surface area (TPSA) is 86.7 Å². The van der Waals surface area contributed by atoms with Crippen LogP contribution in [0.25, 0.3) is 0 Å². The molecule has 0 amide bonds. The SMILES string of the molecule is O=C(OC12CC3CC(C1)C(=O)C(C3)C2)OS(=O)(=O)C(F)F.c1ccc([S+](c2ccccc2)c2ccccc2)cc1. The lowest BCUT2D eigenvalue weighted by atomic mass is 9.53. The lowest BCUT2D eigenvalue weighted by Crippen LogP contribution is -2.57. The lowest BCUT2D eigenvalue weighted by Gasteiger charge is -2.54. The molecule has 6 nitrogen and oxygen atoms in total. The average molecular weight is 588 g/mol. The van der Waals surface area contributed by atoms with E-state index in [1.807, 2.05) is 0 Å². The molecule has 3 aromatic carbocycles. The van der Waals surface area contributed by atoms with Gasteiger partial charge in [-0.05, 0) is 74.4 Å². The number of ether oxygens (including phenoxy) is 1. The summed E-state index contributed by atoms with van der Waals surface area (Å²) in [4.78, 5) is 27.5. The van der Waals surface area contributed by atoms with Crippen molar-refractivity contribution in [3.8, 4) is 0 Å². The van der Waals surface area contributed by atoms with Crippen LogP contribution in [-0.2, 0) is 34.7 Å². The standard InChI is InChI=1S/C18H15S.C12H14F2O6S/c1-4-10-16(11-5-1)19(17-12-6-2-7-13-17)18-14-8-3-9-15-18;13-10(14)21(17,18)20-11(16)19-12-3-6-1-7(4-12)9(15)8(2-6)5-12/h1-15H;6-8,10H,1-5H2/q+1;. The number of ketones is 1. The highest BCUT2D eigenvalue weighted by atomic mass is 32.2. The average Bonchev–Trinajstić information content (AvgIpc) is 2.93. The second-order valence-electron chi connectivity index (χ2n) is 10.4. The first-order valence-corrected chi connectivity index (χ1v) is 15.7. The number of rotatable bonds is 6. The number of Topliss-reactive ketones (excluding diaryl/α,β-unsaturated/α-hetero) is 1. The van der Waals surface area contributed by atoms with Gasteiger partial charge < -0.3 is 8.92 Å². The summed E-state index contributed by atoms with van der Waals surface area (Å²) in [6, 6.07) is 32.2. The molecule has 210 valence electrons. The van der Waals surface area contributed by atoms with Crippen LogP contribution in [0.1, 0.15) is 32.1 Å². The molecule has 4 bridgehead atoms. The van der Waals surface area contributed by atoms with Gasteiger partial charge in [-0.1, -0.05) is 54.6 Å². The van der Waals surface area contributed by atoms with Crippen molar-refractivity contribution < 1.29 is 35.7 Å². The van der Waals surface area contributed by atoms with Gasteiger partial charge in [-0.3, -0.25) is 4.79 Å². The van der Waals surface area contributed by atoms with Gasteiger partial charge in [0.15, 0.2) is 14.7 Å². The van der Waals surface area contributed by atoms with E-state index in [2.05, 4.69) is 95.2 Å². The summed E-state index contributed by atoms with van der Waals surface area (Å²) in [6.07, 6.45) is 1.04. The Hall–Kier alpha value is -3.24. The molecule has 3 aromatic rings. The molecule has 10 heteroatoms. The Morgan fingerprint density at radius 1 is 0.775 bits per heavy atom. The summed E-state index contributed by atoms with van der Waals surface area (Å²) in [6.45, 7) is 0. The third-order valence-corrected chi connectivity index (χ3v) is 10.6. The second kappa shape index (κ2) is 11.7. The summed E-state index contributed by atoms with van der Waals surface area (Å²) >= 11 is 0. The van der Waals surface area contributed by atoms with Crippen molar-refractivity contribution >= 4 is 33.0 Å². The minimum atomic E-state index is -5.27. The molecule has 2 atom stereocenters. The van der Waals surface area contributed by atoms with E-state index in [0.717, 1.165) is 12.8 Å². The molecule has 7 rings (SSSR count). The van der Waals surface area contributed by atoms with Gasteiger partial charge in [-0.2, -0.15) is 17.2 Å². The first kappa shape index (κ1) is 28.3. The minimum Gasteiger partial charge on any atom is -0.427 e. The zero-order valence-electron chi connectivity index (χ0n) is 21.5. The monoisotopic (exact) mass is 587 g/mol. The van der Waals surface area contributed by atoms with Crippen LogP contribution < -0.4 is 0 Å². The Morgan fingerprint density at radius 3 is 1.60 bits per heavy atom. The van der Waals surface area contributed by atoms with Gasteiger partial charge in [0.2, 0.25) is 0 Å². The number of hydrogen-bond donors (Lipinski definition) is 0. The number of carbonyl (C=O) groups excluding carboxylic acids is 2. The number of hydrogen-bond acceptors (Lipinski definition) is 6. The van der Waals surface area contributed by atoms with E-state index in [9.17, 15) is 26.8 Å². The fraction of sp³-hybridized carbons (Fsp3) is 0.333. The highest BCUT2D eigenvalue weighted by Crippen LogP contribution is 2.55. The van der Waals surface area contributed by atoms with Gasteiger partial charge >= 0.3 is 22.0 Å². The fourth-order valence-corrected chi connectivity index (χ4v) is 8.60. The maximum absolute atomic E-state index is 12.2. The molecule has 40 heavy (non-hydrogen) atoms. The van der Waals surface area contributed by atoms with Crippen molar-refractivity contribution in [2.75, 3.05) is 0 Å². The molecule has 2 unspecified atom stereocenters. The molecule has 0 aliphatic heterocycles. The Balaban J connectivity index is 0.000000162. The summed E-state index contributed by atoms with van der Waals surface area (Å²) in [5, 5.41) is 0. The van der Waals surface area contributed by atoms with Crippen LogP contribution in [-0.4, -0.2) is 31.7 Å². The van der Waals surface area contributed by atoms with Gasteiger partial charge in [-0.25, -0.2) is 4.79 Å². The van der Waals surface area contributed by atoms with Crippen LogP contribution >= 0.6 is 0 Å². The smallest absolute Gasteiger partial charge is 0.427 e. The number of benzene rings is 3. The summed E-state index contributed by atoms with van der Waals surface area (Å²) in [5.41, 5.74) is -0.945. The van der Waals surface area contributed by atoms with Gasteiger partial charge in [-0.15, -0.1) is 0 Å². The first-order valence-electron chi connectivity index (χ1n) is 13.0.